The number of rotatable bonds is 3. The molecule has 2 aromatic rings. The zero-order valence-electron chi connectivity index (χ0n) is 17.3. The van der Waals surface area contributed by atoms with Gasteiger partial charge < -0.3 is 10.2 Å². The van der Waals surface area contributed by atoms with E-state index in [0.29, 0.717) is 11.3 Å². The van der Waals surface area contributed by atoms with Crippen molar-refractivity contribution in [1.29, 1.82) is 0 Å². The fourth-order valence-electron chi connectivity index (χ4n) is 3.28. The summed E-state index contributed by atoms with van der Waals surface area (Å²) in [6.45, 7) is 14.3. The lowest BCUT2D eigenvalue weighted by atomic mass is 9.77. The molecule has 0 aliphatic carbocycles. The molecule has 0 bridgehead atoms. The maximum absolute atomic E-state index is 11.7. The molecule has 0 saturated heterocycles. The van der Waals surface area contributed by atoms with E-state index in [-0.39, 0.29) is 16.4 Å². The monoisotopic (exact) mass is 366 g/mol. The molecule has 27 heavy (non-hydrogen) atoms. The Morgan fingerprint density at radius 3 is 1.89 bits per heavy atom. The van der Waals surface area contributed by atoms with Gasteiger partial charge in [-0.2, -0.15) is 0 Å². The van der Waals surface area contributed by atoms with Crippen LogP contribution in [0.4, 0.5) is 0 Å². The largest absolute Gasteiger partial charge is 0.507 e. The van der Waals surface area contributed by atoms with Crippen molar-refractivity contribution in [2.75, 3.05) is 0 Å². The fourth-order valence-corrected chi connectivity index (χ4v) is 3.28. The van der Waals surface area contributed by atoms with E-state index in [2.05, 4.69) is 41.5 Å². The van der Waals surface area contributed by atoms with Gasteiger partial charge in [-0.05, 0) is 52.6 Å². The molecule has 3 nitrogen and oxygen atoms in total. The highest BCUT2D eigenvalue weighted by molar-refractivity contribution is 5.96. The van der Waals surface area contributed by atoms with E-state index < -0.39 is 5.97 Å². The van der Waals surface area contributed by atoms with Crippen molar-refractivity contribution in [2.45, 2.75) is 59.3 Å². The van der Waals surface area contributed by atoms with Crippen molar-refractivity contribution >= 4 is 12.0 Å². The van der Waals surface area contributed by atoms with Crippen LogP contribution >= 0.6 is 0 Å². The SMILES string of the molecule is CC=Cc1c(C(=O)O)cccc1-c1cc(C(C)(C)C)c(O)c(C(C)(C)C)c1. The van der Waals surface area contributed by atoms with E-state index in [4.69, 9.17) is 0 Å². The van der Waals surface area contributed by atoms with E-state index in [1.54, 1.807) is 12.1 Å². The van der Waals surface area contributed by atoms with Gasteiger partial charge in [-0.1, -0.05) is 65.8 Å². The van der Waals surface area contributed by atoms with Crippen LogP contribution in [0, 0.1) is 0 Å². The normalized spacial score (nSPS) is 12.6. The molecule has 2 N–H and O–H groups in total. The second-order valence-electron chi connectivity index (χ2n) is 8.99. The van der Waals surface area contributed by atoms with Crippen LogP contribution in [0.5, 0.6) is 5.75 Å². The highest BCUT2D eigenvalue weighted by Gasteiger charge is 2.27. The summed E-state index contributed by atoms with van der Waals surface area (Å²) in [5, 5.41) is 20.5. The van der Waals surface area contributed by atoms with E-state index >= 15 is 0 Å². The third-order valence-electron chi connectivity index (χ3n) is 4.71. The lowest BCUT2D eigenvalue weighted by molar-refractivity contribution is 0.0696. The molecule has 0 unspecified atom stereocenters. The summed E-state index contributed by atoms with van der Waals surface area (Å²) in [6.07, 6.45) is 3.68. The van der Waals surface area contributed by atoms with Gasteiger partial charge in [-0.3, -0.25) is 0 Å². The Balaban J connectivity index is 2.92. The smallest absolute Gasteiger partial charge is 0.336 e. The molecule has 2 aromatic carbocycles. The van der Waals surface area contributed by atoms with Gasteiger partial charge in [0.1, 0.15) is 5.75 Å². The molecule has 0 aliphatic rings. The van der Waals surface area contributed by atoms with Gasteiger partial charge in [0, 0.05) is 11.1 Å². The molecule has 0 radical (unpaired) electrons. The molecule has 0 amide bonds. The number of phenolic OH excluding ortho intramolecular Hbond substituents is 1. The lowest BCUT2D eigenvalue weighted by Crippen LogP contribution is -2.17. The zero-order chi connectivity index (χ0) is 20.6. The molecule has 0 saturated carbocycles. The predicted octanol–water partition coefficient (Wildman–Crippen LogP) is 6.39. The van der Waals surface area contributed by atoms with Gasteiger partial charge in [0.05, 0.1) is 5.56 Å². The average molecular weight is 367 g/mol. The van der Waals surface area contributed by atoms with Gasteiger partial charge in [-0.15, -0.1) is 0 Å². The summed E-state index contributed by atoms with van der Waals surface area (Å²) >= 11 is 0. The molecule has 0 aliphatic heterocycles. The molecule has 0 atom stereocenters. The Morgan fingerprint density at radius 2 is 1.48 bits per heavy atom. The minimum Gasteiger partial charge on any atom is -0.507 e. The van der Waals surface area contributed by atoms with Crippen LogP contribution in [0.15, 0.2) is 36.4 Å². The highest BCUT2D eigenvalue weighted by atomic mass is 16.4. The molecule has 0 spiro atoms. The highest BCUT2D eigenvalue weighted by Crippen LogP contribution is 2.42. The topological polar surface area (TPSA) is 57.5 Å². The van der Waals surface area contributed by atoms with E-state index in [0.717, 1.165) is 22.3 Å². The van der Waals surface area contributed by atoms with Crippen LogP contribution < -0.4 is 0 Å². The lowest BCUT2D eigenvalue weighted by Gasteiger charge is -2.28. The van der Waals surface area contributed by atoms with Crippen LogP contribution in [0.3, 0.4) is 0 Å². The standard InChI is InChI=1S/C24H30O3/c1-8-10-17-16(11-9-12-18(17)22(26)27)15-13-19(23(2,3)4)21(25)20(14-15)24(5,6)7/h8-14,25H,1-7H3,(H,26,27). The zero-order valence-corrected chi connectivity index (χ0v) is 17.3. The Hall–Kier alpha value is -2.55. The first-order chi connectivity index (χ1) is 12.4. The van der Waals surface area contributed by atoms with E-state index in [1.807, 2.05) is 37.3 Å². The van der Waals surface area contributed by atoms with E-state index in [1.165, 1.54) is 0 Å². The van der Waals surface area contributed by atoms with Crippen LogP contribution in [-0.4, -0.2) is 16.2 Å². The van der Waals surface area contributed by atoms with Gasteiger partial charge in [0.25, 0.3) is 0 Å². The summed E-state index contributed by atoms with van der Waals surface area (Å²) in [7, 11) is 0. The third-order valence-corrected chi connectivity index (χ3v) is 4.71. The molecule has 0 aromatic heterocycles. The maximum atomic E-state index is 11.7. The van der Waals surface area contributed by atoms with Crippen molar-refractivity contribution < 1.29 is 15.0 Å². The molecular weight excluding hydrogens is 336 g/mol. The number of carboxylic acid groups (broad SMARTS) is 1. The maximum Gasteiger partial charge on any atom is 0.336 e. The van der Waals surface area contributed by atoms with Crippen molar-refractivity contribution in [3.05, 3.63) is 58.7 Å². The van der Waals surface area contributed by atoms with E-state index in [9.17, 15) is 15.0 Å². The van der Waals surface area contributed by atoms with Crippen LogP contribution in [0.2, 0.25) is 0 Å². The first kappa shape index (κ1) is 20.8. The quantitative estimate of drug-likeness (QED) is 0.662. The number of carbonyl (C=O) groups is 1. The molecular formula is C24H30O3. The number of hydrogen-bond donors (Lipinski definition) is 2. The van der Waals surface area contributed by atoms with Crippen molar-refractivity contribution in [3.63, 3.8) is 0 Å². The molecule has 3 heteroatoms. The van der Waals surface area contributed by atoms with Crippen molar-refractivity contribution in [3.8, 4) is 16.9 Å². The van der Waals surface area contributed by atoms with Crippen LogP contribution in [0.25, 0.3) is 17.2 Å². The number of benzene rings is 2. The Bertz CT molecular complexity index is 856. The second-order valence-corrected chi connectivity index (χ2v) is 8.99. The summed E-state index contributed by atoms with van der Waals surface area (Å²) in [4.78, 5) is 11.7. The second kappa shape index (κ2) is 7.22. The minimum atomic E-state index is -0.948. The Morgan fingerprint density at radius 1 is 0.963 bits per heavy atom. The average Bonchev–Trinajstić information content (AvgIpc) is 2.53. The van der Waals surface area contributed by atoms with Gasteiger partial charge in [-0.25, -0.2) is 4.79 Å². The first-order valence-electron chi connectivity index (χ1n) is 9.25. The summed E-state index contributed by atoms with van der Waals surface area (Å²) in [5.41, 5.74) is 3.94. The third kappa shape index (κ3) is 4.24. The molecule has 144 valence electrons. The summed E-state index contributed by atoms with van der Waals surface area (Å²) in [6, 6.07) is 9.30. The van der Waals surface area contributed by atoms with Crippen LogP contribution in [-0.2, 0) is 10.8 Å². The number of hydrogen-bond acceptors (Lipinski definition) is 2. The molecule has 2 rings (SSSR count). The fraction of sp³-hybridized carbons (Fsp3) is 0.375. The number of carboxylic acids is 1. The summed E-state index contributed by atoms with van der Waals surface area (Å²) in [5.74, 6) is -0.628. The number of allylic oxidation sites excluding steroid dienone is 1. The van der Waals surface area contributed by atoms with Crippen molar-refractivity contribution in [2.24, 2.45) is 0 Å². The van der Waals surface area contributed by atoms with Gasteiger partial charge in [0.2, 0.25) is 0 Å². The Kier molecular flexibility index (Phi) is 5.55. The minimum absolute atomic E-state index is 0.245. The summed E-state index contributed by atoms with van der Waals surface area (Å²) < 4.78 is 0. The first-order valence-corrected chi connectivity index (χ1v) is 9.25. The number of aromatic carboxylic acids is 1. The Labute approximate surface area is 162 Å². The van der Waals surface area contributed by atoms with Gasteiger partial charge >= 0.3 is 5.97 Å². The van der Waals surface area contributed by atoms with Crippen molar-refractivity contribution in [1.82, 2.24) is 0 Å². The predicted molar refractivity (Wildman–Crippen MR) is 113 cm³/mol. The number of aromatic hydroxyl groups is 1. The molecule has 0 fully saturated rings. The number of phenols is 1. The van der Waals surface area contributed by atoms with Crippen LogP contribution in [0.1, 0.15) is 75.5 Å². The molecule has 0 heterocycles. The van der Waals surface area contributed by atoms with Gasteiger partial charge in [0.15, 0.2) is 0 Å².